The van der Waals surface area contributed by atoms with Crippen LogP contribution >= 0.6 is 0 Å². The molecule has 0 aliphatic heterocycles. The number of nitrogens with zero attached hydrogens (tertiary/aromatic N) is 2. The number of nitrogens with two attached hydrogens (primary N) is 1. The van der Waals surface area contributed by atoms with Crippen LogP contribution in [-0.4, -0.2) is 22.2 Å². The minimum absolute atomic E-state index is 0.0428. The highest BCUT2D eigenvalue weighted by Gasteiger charge is 2.09. The second kappa shape index (κ2) is 5.65. The summed E-state index contributed by atoms with van der Waals surface area (Å²) in [5.74, 6) is 0.274. The van der Waals surface area contributed by atoms with E-state index in [-0.39, 0.29) is 11.8 Å². The number of hydrogen-bond donors (Lipinski definition) is 2. The molecule has 5 nitrogen and oxygen atoms in total. The molecule has 1 amide bonds. The highest BCUT2D eigenvalue weighted by Crippen LogP contribution is 2.05. The molecule has 1 heterocycles. The summed E-state index contributed by atoms with van der Waals surface area (Å²) in [5.41, 5.74) is 7.59. The van der Waals surface area contributed by atoms with Crippen LogP contribution < -0.4 is 11.1 Å². The molecule has 90 valence electrons. The predicted molar refractivity (Wildman–Crippen MR) is 62.6 cm³/mol. The fourth-order valence-electron chi connectivity index (χ4n) is 1.38. The molecule has 0 aliphatic rings. The van der Waals surface area contributed by atoms with E-state index in [1.807, 2.05) is 20.9 Å². The van der Waals surface area contributed by atoms with Gasteiger partial charge in [0.2, 0.25) is 5.91 Å². The van der Waals surface area contributed by atoms with Gasteiger partial charge in [0, 0.05) is 31.3 Å². The Morgan fingerprint density at radius 3 is 2.88 bits per heavy atom. The van der Waals surface area contributed by atoms with Crippen LogP contribution in [0, 0.1) is 12.8 Å². The molecule has 1 atom stereocenters. The van der Waals surface area contributed by atoms with Crippen LogP contribution in [0.15, 0.2) is 6.20 Å². The zero-order valence-corrected chi connectivity index (χ0v) is 10.2. The number of carbonyl (C=O) groups is 1. The lowest BCUT2D eigenvalue weighted by atomic mass is 10.1. The van der Waals surface area contributed by atoms with Crippen molar-refractivity contribution in [3.05, 3.63) is 17.5 Å². The van der Waals surface area contributed by atoms with Crippen LogP contribution in [0.3, 0.4) is 0 Å². The van der Waals surface area contributed by atoms with E-state index in [0.29, 0.717) is 19.5 Å². The molecule has 5 heteroatoms. The van der Waals surface area contributed by atoms with Crippen LogP contribution in [-0.2, 0) is 18.4 Å². The first-order valence-corrected chi connectivity index (χ1v) is 5.48. The van der Waals surface area contributed by atoms with E-state index in [4.69, 9.17) is 5.73 Å². The number of aryl methyl sites for hydroxylation is 1. The van der Waals surface area contributed by atoms with Crippen molar-refractivity contribution >= 4 is 5.91 Å². The average Bonchev–Trinajstić information content (AvgIpc) is 2.57. The smallest absolute Gasteiger partial charge is 0.220 e. The van der Waals surface area contributed by atoms with Crippen LogP contribution in [0.1, 0.15) is 24.6 Å². The summed E-state index contributed by atoms with van der Waals surface area (Å²) >= 11 is 0. The molecule has 0 aromatic carbocycles. The van der Waals surface area contributed by atoms with Gasteiger partial charge in [-0.3, -0.25) is 9.48 Å². The van der Waals surface area contributed by atoms with Gasteiger partial charge in [-0.1, -0.05) is 6.92 Å². The molecule has 0 saturated carbocycles. The molecule has 3 N–H and O–H groups in total. The van der Waals surface area contributed by atoms with Gasteiger partial charge in [-0.2, -0.15) is 5.10 Å². The highest BCUT2D eigenvalue weighted by atomic mass is 16.1. The molecule has 1 rings (SSSR count). The van der Waals surface area contributed by atoms with E-state index in [1.54, 1.807) is 10.9 Å². The predicted octanol–water partition coefficient (Wildman–Crippen LogP) is 0.330. The van der Waals surface area contributed by atoms with Gasteiger partial charge in [-0.05, 0) is 19.4 Å². The molecule has 1 unspecified atom stereocenters. The lowest BCUT2D eigenvalue weighted by molar-refractivity contribution is -0.122. The zero-order valence-electron chi connectivity index (χ0n) is 10.2. The first-order valence-electron chi connectivity index (χ1n) is 5.48. The van der Waals surface area contributed by atoms with E-state index >= 15 is 0 Å². The van der Waals surface area contributed by atoms with Gasteiger partial charge in [0.25, 0.3) is 0 Å². The maximum atomic E-state index is 11.5. The van der Waals surface area contributed by atoms with Crippen molar-refractivity contribution in [3.63, 3.8) is 0 Å². The fraction of sp³-hybridized carbons (Fsp3) is 0.636. The minimum Gasteiger partial charge on any atom is -0.352 e. The van der Waals surface area contributed by atoms with Crippen LogP contribution in [0.4, 0.5) is 0 Å². The van der Waals surface area contributed by atoms with Crippen molar-refractivity contribution < 1.29 is 4.79 Å². The van der Waals surface area contributed by atoms with Gasteiger partial charge < -0.3 is 11.1 Å². The highest BCUT2D eigenvalue weighted by molar-refractivity contribution is 5.76. The zero-order chi connectivity index (χ0) is 12.1. The number of rotatable bonds is 5. The van der Waals surface area contributed by atoms with E-state index in [0.717, 1.165) is 11.3 Å². The van der Waals surface area contributed by atoms with Crippen molar-refractivity contribution in [1.82, 2.24) is 15.1 Å². The normalized spacial score (nSPS) is 12.5. The van der Waals surface area contributed by atoms with E-state index < -0.39 is 0 Å². The third-order valence-electron chi connectivity index (χ3n) is 2.75. The summed E-state index contributed by atoms with van der Waals surface area (Å²) < 4.78 is 1.80. The number of carbonyl (C=O) groups excluding carboxylic acids is 1. The summed E-state index contributed by atoms with van der Waals surface area (Å²) in [4.78, 5) is 11.5. The molecular formula is C11H20N4O. The van der Waals surface area contributed by atoms with Crippen molar-refractivity contribution in [2.75, 3.05) is 6.54 Å². The molecule has 0 radical (unpaired) electrons. The van der Waals surface area contributed by atoms with Crippen LogP contribution in [0.2, 0.25) is 0 Å². The second-order valence-electron chi connectivity index (χ2n) is 4.20. The molecular weight excluding hydrogens is 204 g/mol. The lowest BCUT2D eigenvalue weighted by Crippen LogP contribution is -2.26. The van der Waals surface area contributed by atoms with Crippen LogP contribution in [0.5, 0.6) is 0 Å². The molecule has 0 aliphatic carbocycles. The fourth-order valence-corrected chi connectivity index (χ4v) is 1.38. The second-order valence-corrected chi connectivity index (χ2v) is 4.20. The van der Waals surface area contributed by atoms with Crippen molar-refractivity contribution in [2.45, 2.75) is 26.8 Å². The van der Waals surface area contributed by atoms with E-state index in [9.17, 15) is 4.79 Å². The standard InChI is InChI=1S/C11H20N4O/c1-8(5-12)4-11(16)13-6-10-7-14-15(3)9(10)2/h7-8H,4-6,12H2,1-3H3,(H,13,16). The summed E-state index contributed by atoms with van der Waals surface area (Å²) in [6.45, 7) is 5.03. The number of nitrogens with one attached hydrogen (secondary N) is 1. The Kier molecular flexibility index (Phi) is 4.49. The summed E-state index contributed by atoms with van der Waals surface area (Å²) in [6, 6.07) is 0. The Labute approximate surface area is 96.0 Å². The number of hydrogen-bond acceptors (Lipinski definition) is 3. The maximum Gasteiger partial charge on any atom is 0.220 e. The molecule has 1 aromatic heterocycles. The van der Waals surface area contributed by atoms with Gasteiger partial charge >= 0.3 is 0 Å². The average molecular weight is 224 g/mol. The van der Waals surface area contributed by atoms with Crippen molar-refractivity contribution in [1.29, 1.82) is 0 Å². The molecule has 0 spiro atoms. The van der Waals surface area contributed by atoms with Gasteiger partial charge in [0.15, 0.2) is 0 Å². The first kappa shape index (κ1) is 12.7. The molecule has 0 bridgehead atoms. The third kappa shape index (κ3) is 3.34. The van der Waals surface area contributed by atoms with Gasteiger partial charge in [0.1, 0.15) is 0 Å². The van der Waals surface area contributed by atoms with E-state index in [1.165, 1.54) is 0 Å². The van der Waals surface area contributed by atoms with Crippen molar-refractivity contribution in [3.8, 4) is 0 Å². The Balaban J connectivity index is 2.40. The SMILES string of the molecule is Cc1c(CNC(=O)CC(C)CN)cnn1C. The van der Waals surface area contributed by atoms with Gasteiger partial charge in [-0.25, -0.2) is 0 Å². The summed E-state index contributed by atoms with van der Waals surface area (Å²) in [6.07, 6.45) is 2.26. The Morgan fingerprint density at radius 1 is 1.69 bits per heavy atom. The van der Waals surface area contributed by atoms with Crippen LogP contribution in [0.25, 0.3) is 0 Å². The Morgan fingerprint density at radius 2 is 2.38 bits per heavy atom. The third-order valence-corrected chi connectivity index (χ3v) is 2.75. The molecule has 16 heavy (non-hydrogen) atoms. The summed E-state index contributed by atoms with van der Waals surface area (Å²) in [5, 5.41) is 6.99. The molecule has 0 saturated heterocycles. The first-order chi connectivity index (χ1) is 7.54. The van der Waals surface area contributed by atoms with E-state index in [2.05, 4.69) is 10.4 Å². The maximum absolute atomic E-state index is 11.5. The summed E-state index contributed by atoms with van der Waals surface area (Å²) in [7, 11) is 1.89. The lowest BCUT2D eigenvalue weighted by Gasteiger charge is -2.08. The van der Waals surface area contributed by atoms with Gasteiger partial charge in [-0.15, -0.1) is 0 Å². The topological polar surface area (TPSA) is 72.9 Å². The monoisotopic (exact) mass is 224 g/mol. The number of aromatic nitrogens is 2. The van der Waals surface area contributed by atoms with Gasteiger partial charge in [0.05, 0.1) is 6.20 Å². The molecule has 1 aromatic rings. The Bertz CT molecular complexity index is 359. The minimum atomic E-state index is 0.0428. The number of amides is 1. The largest absolute Gasteiger partial charge is 0.352 e. The van der Waals surface area contributed by atoms with Crippen molar-refractivity contribution in [2.24, 2.45) is 18.7 Å². The Hall–Kier alpha value is -1.36. The quantitative estimate of drug-likeness (QED) is 0.757. The molecule has 0 fully saturated rings.